The minimum Gasteiger partial charge on any atom is -0.493 e. The van der Waals surface area contributed by atoms with Gasteiger partial charge in [-0.3, -0.25) is 0 Å². The largest absolute Gasteiger partial charge is 0.493 e. The van der Waals surface area contributed by atoms with Gasteiger partial charge in [-0.05, 0) is 49.8 Å². The predicted octanol–water partition coefficient (Wildman–Crippen LogP) is 3.10. The van der Waals surface area contributed by atoms with Crippen LogP contribution >= 0.6 is 0 Å². The maximum absolute atomic E-state index is 5.90. The summed E-state index contributed by atoms with van der Waals surface area (Å²) in [7, 11) is 3.71. The highest BCUT2D eigenvalue weighted by Gasteiger charge is 2.40. The number of para-hydroxylation sites is 2. The van der Waals surface area contributed by atoms with E-state index in [0.29, 0.717) is 5.41 Å². The van der Waals surface area contributed by atoms with Crippen molar-refractivity contribution >= 4 is 0 Å². The maximum Gasteiger partial charge on any atom is 0.161 e. The summed E-state index contributed by atoms with van der Waals surface area (Å²) in [5.74, 6) is 2.51. The molecule has 1 atom stereocenters. The molecule has 19 heavy (non-hydrogen) atoms. The van der Waals surface area contributed by atoms with Gasteiger partial charge in [0.05, 0.1) is 13.7 Å². The number of nitrogens with one attached hydrogen (secondary N) is 1. The fourth-order valence-electron chi connectivity index (χ4n) is 2.75. The quantitative estimate of drug-likeness (QED) is 0.782. The van der Waals surface area contributed by atoms with Gasteiger partial charge < -0.3 is 14.8 Å². The lowest BCUT2D eigenvalue weighted by molar-refractivity contribution is 0.180. The van der Waals surface area contributed by atoms with Crippen LogP contribution in [0.4, 0.5) is 0 Å². The summed E-state index contributed by atoms with van der Waals surface area (Å²) in [5, 5.41) is 3.32. The number of ether oxygens (including phenoxy) is 2. The highest BCUT2D eigenvalue weighted by atomic mass is 16.5. The second-order valence-electron chi connectivity index (χ2n) is 5.71. The molecule has 0 radical (unpaired) electrons. The normalized spacial score (nSPS) is 17.8. The third-order valence-corrected chi connectivity index (χ3v) is 4.14. The Balaban J connectivity index is 1.88. The summed E-state index contributed by atoms with van der Waals surface area (Å²) >= 11 is 0. The Morgan fingerprint density at radius 3 is 2.53 bits per heavy atom. The van der Waals surface area contributed by atoms with E-state index in [2.05, 4.69) is 12.2 Å². The number of hydrogen-bond acceptors (Lipinski definition) is 3. The van der Waals surface area contributed by atoms with Gasteiger partial charge in [0.25, 0.3) is 0 Å². The monoisotopic (exact) mass is 263 g/mol. The Kier molecular flexibility index (Phi) is 4.70. The molecule has 0 saturated heterocycles. The van der Waals surface area contributed by atoms with Gasteiger partial charge in [-0.2, -0.15) is 0 Å². The van der Waals surface area contributed by atoms with Gasteiger partial charge in [0.2, 0.25) is 0 Å². The van der Waals surface area contributed by atoms with E-state index in [1.807, 2.05) is 31.3 Å². The van der Waals surface area contributed by atoms with E-state index in [-0.39, 0.29) is 0 Å². The third-order valence-electron chi connectivity index (χ3n) is 4.14. The van der Waals surface area contributed by atoms with Crippen LogP contribution in [0.3, 0.4) is 0 Å². The van der Waals surface area contributed by atoms with Gasteiger partial charge in [-0.25, -0.2) is 0 Å². The molecule has 0 spiro atoms. The van der Waals surface area contributed by atoms with Crippen LogP contribution in [0.2, 0.25) is 0 Å². The topological polar surface area (TPSA) is 30.5 Å². The van der Waals surface area contributed by atoms with Gasteiger partial charge in [0.1, 0.15) is 0 Å². The van der Waals surface area contributed by atoms with Crippen LogP contribution in [0.25, 0.3) is 0 Å². The zero-order valence-corrected chi connectivity index (χ0v) is 12.2. The molecule has 3 heteroatoms. The van der Waals surface area contributed by atoms with E-state index in [0.717, 1.165) is 37.0 Å². The Morgan fingerprint density at radius 2 is 1.95 bits per heavy atom. The Bertz CT molecular complexity index is 403. The lowest BCUT2D eigenvalue weighted by atomic mass is 9.81. The zero-order chi connectivity index (χ0) is 13.7. The van der Waals surface area contributed by atoms with Crippen molar-refractivity contribution in [2.45, 2.75) is 26.2 Å². The van der Waals surface area contributed by atoms with Crippen molar-refractivity contribution in [3.8, 4) is 11.5 Å². The van der Waals surface area contributed by atoms with E-state index < -0.39 is 0 Å². The lowest BCUT2D eigenvalue weighted by Gasteiger charge is -2.29. The first-order valence-corrected chi connectivity index (χ1v) is 7.10. The molecule has 1 unspecified atom stereocenters. The van der Waals surface area contributed by atoms with Crippen LogP contribution in [-0.2, 0) is 0 Å². The molecular formula is C16H25NO2. The van der Waals surface area contributed by atoms with Crippen LogP contribution in [0, 0.1) is 11.3 Å². The SMILES string of the molecule is CNCC(C)(CCOc1ccccc1OC)C1CC1. The zero-order valence-electron chi connectivity index (χ0n) is 12.2. The molecule has 0 aliphatic heterocycles. The molecule has 0 heterocycles. The molecule has 1 saturated carbocycles. The van der Waals surface area contributed by atoms with E-state index in [1.54, 1.807) is 7.11 Å². The molecule has 2 rings (SSSR count). The molecule has 1 aliphatic rings. The van der Waals surface area contributed by atoms with Crippen molar-refractivity contribution in [3.05, 3.63) is 24.3 Å². The van der Waals surface area contributed by atoms with Crippen LogP contribution in [-0.4, -0.2) is 27.3 Å². The van der Waals surface area contributed by atoms with Gasteiger partial charge in [-0.15, -0.1) is 0 Å². The molecule has 1 N–H and O–H groups in total. The summed E-state index contributed by atoms with van der Waals surface area (Å²) in [4.78, 5) is 0. The summed E-state index contributed by atoms with van der Waals surface area (Å²) in [6, 6.07) is 7.83. The van der Waals surface area contributed by atoms with E-state index in [4.69, 9.17) is 9.47 Å². The minimum absolute atomic E-state index is 0.358. The van der Waals surface area contributed by atoms with Crippen molar-refractivity contribution in [1.29, 1.82) is 0 Å². The van der Waals surface area contributed by atoms with Crippen LogP contribution in [0.15, 0.2) is 24.3 Å². The number of rotatable bonds is 8. The Morgan fingerprint density at radius 1 is 1.26 bits per heavy atom. The standard InChI is InChI=1S/C16H25NO2/c1-16(12-17-2,13-8-9-13)10-11-19-15-7-5-4-6-14(15)18-3/h4-7,13,17H,8-12H2,1-3H3. The van der Waals surface area contributed by atoms with Gasteiger partial charge >= 0.3 is 0 Å². The van der Waals surface area contributed by atoms with Crippen molar-refractivity contribution < 1.29 is 9.47 Å². The minimum atomic E-state index is 0.358. The van der Waals surface area contributed by atoms with Crippen molar-refractivity contribution in [2.24, 2.45) is 11.3 Å². The molecule has 0 amide bonds. The van der Waals surface area contributed by atoms with E-state index >= 15 is 0 Å². The van der Waals surface area contributed by atoms with Gasteiger partial charge in [0, 0.05) is 6.54 Å². The van der Waals surface area contributed by atoms with E-state index in [9.17, 15) is 0 Å². The molecule has 0 bridgehead atoms. The molecule has 106 valence electrons. The molecule has 3 nitrogen and oxygen atoms in total. The number of methoxy groups -OCH3 is 1. The Hall–Kier alpha value is -1.22. The maximum atomic E-state index is 5.90. The van der Waals surface area contributed by atoms with Crippen molar-refractivity contribution in [2.75, 3.05) is 27.3 Å². The molecular weight excluding hydrogens is 238 g/mol. The highest BCUT2D eigenvalue weighted by molar-refractivity contribution is 5.39. The average molecular weight is 263 g/mol. The highest BCUT2D eigenvalue weighted by Crippen LogP contribution is 2.47. The second-order valence-corrected chi connectivity index (χ2v) is 5.71. The third kappa shape index (κ3) is 3.63. The van der Waals surface area contributed by atoms with Crippen LogP contribution < -0.4 is 14.8 Å². The fraction of sp³-hybridized carbons (Fsp3) is 0.625. The van der Waals surface area contributed by atoms with Gasteiger partial charge in [-0.1, -0.05) is 19.1 Å². The smallest absolute Gasteiger partial charge is 0.161 e. The predicted molar refractivity (Wildman–Crippen MR) is 77.9 cm³/mol. The summed E-state index contributed by atoms with van der Waals surface area (Å²) in [6.45, 7) is 4.18. The number of benzene rings is 1. The molecule has 1 aromatic rings. The lowest BCUT2D eigenvalue weighted by Crippen LogP contribution is -2.33. The summed E-state index contributed by atoms with van der Waals surface area (Å²) < 4.78 is 11.2. The fourth-order valence-corrected chi connectivity index (χ4v) is 2.75. The van der Waals surface area contributed by atoms with E-state index in [1.165, 1.54) is 12.8 Å². The van der Waals surface area contributed by atoms with Crippen molar-refractivity contribution in [3.63, 3.8) is 0 Å². The second kappa shape index (κ2) is 6.29. The first-order valence-electron chi connectivity index (χ1n) is 7.10. The first kappa shape index (κ1) is 14.2. The van der Waals surface area contributed by atoms with Crippen LogP contribution in [0.5, 0.6) is 11.5 Å². The van der Waals surface area contributed by atoms with Crippen molar-refractivity contribution in [1.82, 2.24) is 5.32 Å². The number of hydrogen-bond donors (Lipinski definition) is 1. The first-order chi connectivity index (χ1) is 9.19. The summed E-state index contributed by atoms with van der Waals surface area (Å²) in [5.41, 5.74) is 0.358. The average Bonchev–Trinajstić information content (AvgIpc) is 3.24. The van der Waals surface area contributed by atoms with Crippen LogP contribution in [0.1, 0.15) is 26.2 Å². The molecule has 1 aliphatic carbocycles. The van der Waals surface area contributed by atoms with Gasteiger partial charge in [0.15, 0.2) is 11.5 Å². The molecule has 1 aromatic carbocycles. The molecule has 1 fully saturated rings. The Labute approximate surface area is 116 Å². The summed E-state index contributed by atoms with van der Waals surface area (Å²) in [6.07, 6.45) is 3.82. The molecule has 0 aromatic heterocycles.